The Balaban J connectivity index is -0.000000392. The summed E-state index contributed by atoms with van der Waals surface area (Å²) in [6.45, 7) is 20.8. The van der Waals surface area contributed by atoms with E-state index in [1.807, 2.05) is 13.8 Å². The largest absolute Gasteiger partial charge is 0.462 e. The number of carbonyl (C=O) groups excluding carboxylic acids is 3. The quantitative estimate of drug-likeness (QED) is 0.256. The van der Waals surface area contributed by atoms with Gasteiger partial charge in [-0.15, -0.1) is 0 Å². The molecule has 31 heavy (non-hydrogen) atoms. The van der Waals surface area contributed by atoms with Gasteiger partial charge < -0.3 is 19.3 Å². The Bertz CT molecular complexity index is 524. The van der Waals surface area contributed by atoms with Gasteiger partial charge in [0.2, 0.25) is 0 Å². The number of ether oxygens (including phenoxy) is 3. The van der Waals surface area contributed by atoms with Crippen LogP contribution in [0.3, 0.4) is 0 Å². The molecule has 7 nitrogen and oxygen atoms in total. The van der Waals surface area contributed by atoms with Gasteiger partial charge in [-0.2, -0.15) is 0 Å². The highest BCUT2D eigenvalue weighted by molar-refractivity contribution is 5.86. The minimum atomic E-state index is -0.501. The molecule has 1 unspecified atom stereocenters. The number of aliphatic hydroxyl groups excluding tert-OH is 1. The fraction of sp³-hybridized carbons (Fsp3) is 0.625. The molecule has 0 aromatic carbocycles. The predicted molar refractivity (Wildman–Crippen MR) is 123 cm³/mol. The SMILES string of the molecule is C=C(C)C(=O)OCC(C)C.C=CC(=O)OCC(CC)CCCC.C=CC(=O)OCCO. The van der Waals surface area contributed by atoms with Crippen molar-refractivity contribution in [3.8, 4) is 0 Å². The van der Waals surface area contributed by atoms with Gasteiger partial charge in [0, 0.05) is 17.7 Å². The molecule has 0 saturated carbocycles. The van der Waals surface area contributed by atoms with Crippen LogP contribution < -0.4 is 0 Å². The van der Waals surface area contributed by atoms with Crippen molar-refractivity contribution in [3.05, 3.63) is 37.5 Å². The number of carbonyl (C=O) groups is 3. The average molecular weight is 443 g/mol. The van der Waals surface area contributed by atoms with Crippen LogP contribution in [0.4, 0.5) is 0 Å². The van der Waals surface area contributed by atoms with Gasteiger partial charge in [0.05, 0.1) is 19.8 Å². The monoisotopic (exact) mass is 442 g/mol. The zero-order chi connectivity index (χ0) is 24.7. The van der Waals surface area contributed by atoms with Gasteiger partial charge in [0.25, 0.3) is 0 Å². The molecule has 0 spiro atoms. The Morgan fingerprint density at radius 3 is 1.90 bits per heavy atom. The highest BCUT2D eigenvalue weighted by Crippen LogP contribution is 2.12. The average Bonchev–Trinajstić information content (AvgIpc) is 2.76. The second-order valence-corrected chi connectivity index (χ2v) is 7.12. The molecule has 0 aliphatic heterocycles. The molecular weight excluding hydrogens is 400 g/mol. The minimum absolute atomic E-state index is 0.0465. The maximum atomic E-state index is 10.8. The van der Waals surface area contributed by atoms with Crippen LogP contribution in [0.1, 0.15) is 60.3 Å². The van der Waals surface area contributed by atoms with Gasteiger partial charge in [-0.1, -0.05) is 66.7 Å². The molecule has 0 bridgehead atoms. The van der Waals surface area contributed by atoms with Crippen LogP contribution in [-0.2, 0) is 28.6 Å². The van der Waals surface area contributed by atoms with Gasteiger partial charge in [-0.25, -0.2) is 14.4 Å². The van der Waals surface area contributed by atoms with E-state index >= 15 is 0 Å². The topological polar surface area (TPSA) is 99.1 Å². The minimum Gasteiger partial charge on any atom is -0.462 e. The summed E-state index contributed by atoms with van der Waals surface area (Å²) < 4.78 is 14.1. The van der Waals surface area contributed by atoms with Gasteiger partial charge in [-0.3, -0.25) is 0 Å². The lowest BCUT2D eigenvalue weighted by molar-refractivity contribution is -0.140. The molecule has 1 N–H and O–H groups in total. The van der Waals surface area contributed by atoms with E-state index < -0.39 is 5.97 Å². The predicted octanol–water partition coefficient (Wildman–Crippen LogP) is 4.40. The molecule has 0 rings (SSSR count). The first-order chi connectivity index (χ1) is 14.6. The fourth-order valence-electron chi connectivity index (χ4n) is 1.73. The third-order valence-electron chi connectivity index (χ3n) is 3.57. The summed E-state index contributed by atoms with van der Waals surface area (Å²) in [5.74, 6) is -0.199. The lowest BCUT2D eigenvalue weighted by Crippen LogP contribution is -2.12. The fourth-order valence-corrected chi connectivity index (χ4v) is 1.73. The Labute approximate surface area is 188 Å². The van der Waals surface area contributed by atoms with E-state index in [1.54, 1.807) is 6.92 Å². The van der Waals surface area contributed by atoms with Crippen LogP contribution in [0.5, 0.6) is 0 Å². The van der Waals surface area contributed by atoms with Crippen molar-refractivity contribution in [1.82, 2.24) is 0 Å². The standard InChI is InChI=1S/C11H20O2.C8H14O2.C5H8O3/c1-4-7-8-10(5-2)9-13-11(12)6-3;1-6(2)5-10-8(9)7(3)4;1-2-5(7)8-4-3-6/h6,10H,3-5,7-9H2,1-2H3;6H,3,5H2,1-2,4H3;2,6H,1,3-4H2. The summed E-state index contributed by atoms with van der Waals surface area (Å²) in [6, 6.07) is 0. The Morgan fingerprint density at radius 1 is 0.968 bits per heavy atom. The van der Waals surface area contributed by atoms with Gasteiger partial charge >= 0.3 is 17.9 Å². The Hall–Kier alpha value is -2.41. The molecule has 0 fully saturated rings. The first-order valence-electron chi connectivity index (χ1n) is 10.6. The maximum absolute atomic E-state index is 10.8. The van der Waals surface area contributed by atoms with Gasteiger partial charge in [0.15, 0.2) is 0 Å². The summed E-state index contributed by atoms with van der Waals surface area (Å²) in [6.07, 6.45) is 6.90. The molecule has 0 radical (unpaired) electrons. The molecule has 0 aromatic heterocycles. The number of esters is 3. The highest BCUT2D eigenvalue weighted by Gasteiger charge is 2.07. The third-order valence-corrected chi connectivity index (χ3v) is 3.57. The molecule has 7 heteroatoms. The number of rotatable bonds is 13. The maximum Gasteiger partial charge on any atom is 0.333 e. The zero-order valence-electron chi connectivity index (χ0n) is 20.0. The lowest BCUT2D eigenvalue weighted by Gasteiger charge is -2.13. The number of aliphatic hydroxyl groups is 1. The first kappa shape index (κ1) is 33.2. The summed E-state index contributed by atoms with van der Waals surface area (Å²) in [4.78, 5) is 31.6. The lowest BCUT2D eigenvalue weighted by atomic mass is 10.0. The van der Waals surface area contributed by atoms with E-state index in [0.29, 0.717) is 30.6 Å². The Kier molecular flexibility index (Phi) is 25.6. The molecular formula is C24H42O7. The molecule has 180 valence electrons. The summed E-state index contributed by atoms with van der Waals surface area (Å²) in [5.41, 5.74) is 0.459. The number of hydrogen-bond acceptors (Lipinski definition) is 7. The summed E-state index contributed by atoms with van der Waals surface area (Å²) >= 11 is 0. The van der Waals surface area contributed by atoms with E-state index in [1.165, 1.54) is 18.9 Å². The van der Waals surface area contributed by atoms with E-state index in [-0.39, 0.29) is 25.2 Å². The van der Waals surface area contributed by atoms with Crippen molar-refractivity contribution < 1.29 is 33.7 Å². The van der Waals surface area contributed by atoms with Crippen LogP contribution in [0, 0.1) is 11.8 Å². The number of hydrogen-bond donors (Lipinski definition) is 1. The van der Waals surface area contributed by atoms with Gasteiger partial charge in [0.1, 0.15) is 6.61 Å². The van der Waals surface area contributed by atoms with E-state index in [9.17, 15) is 14.4 Å². The zero-order valence-corrected chi connectivity index (χ0v) is 20.0. The van der Waals surface area contributed by atoms with Gasteiger partial charge in [-0.05, 0) is 25.2 Å². The van der Waals surface area contributed by atoms with Crippen molar-refractivity contribution in [2.45, 2.75) is 60.3 Å². The molecule has 0 aliphatic rings. The van der Waals surface area contributed by atoms with Crippen molar-refractivity contribution in [2.24, 2.45) is 11.8 Å². The highest BCUT2D eigenvalue weighted by atomic mass is 16.5. The summed E-state index contributed by atoms with van der Waals surface area (Å²) in [5, 5.41) is 8.10. The van der Waals surface area contributed by atoms with Crippen molar-refractivity contribution in [3.63, 3.8) is 0 Å². The second-order valence-electron chi connectivity index (χ2n) is 7.12. The molecule has 0 saturated heterocycles. The third kappa shape index (κ3) is 27.6. The smallest absolute Gasteiger partial charge is 0.333 e. The van der Waals surface area contributed by atoms with E-state index in [4.69, 9.17) is 14.6 Å². The molecule has 0 aliphatic carbocycles. The molecule has 0 heterocycles. The molecule has 0 amide bonds. The van der Waals surface area contributed by atoms with Crippen molar-refractivity contribution in [1.29, 1.82) is 0 Å². The van der Waals surface area contributed by atoms with Crippen molar-refractivity contribution in [2.75, 3.05) is 26.4 Å². The van der Waals surface area contributed by atoms with E-state index in [0.717, 1.165) is 18.9 Å². The Morgan fingerprint density at radius 2 is 1.52 bits per heavy atom. The van der Waals surface area contributed by atoms with Crippen LogP contribution in [0.15, 0.2) is 37.5 Å². The molecule has 0 aromatic rings. The normalized spacial score (nSPS) is 10.3. The second kappa shape index (κ2) is 23.9. The molecule has 1 atom stereocenters. The number of unbranched alkanes of at least 4 members (excludes halogenated alkanes) is 1. The van der Waals surface area contributed by atoms with E-state index in [2.05, 4.69) is 38.3 Å². The van der Waals surface area contributed by atoms with Crippen LogP contribution in [-0.4, -0.2) is 49.4 Å². The van der Waals surface area contributed by atoms with Crippen molar-refractivity contribution >= 4 is 17.9 Å². The van der Waals surface area contributed by atoms with Crippen LogP contribution >= 0.6 is 0 Å². The van der Waals surface area contributed by atoms with Crippen LogP contribution in [0.25, 0.3) is 0 Å². The van der Waals surface area contributed by atoms with Crippen LogP contribution in [0.2, 0.25) is 0 Å². The summed E-state index contributed by atoms with van der Waals surface area (Å²) in [7, 11) is 0. The first-order valence-corrected chi connectivity index (χ1v) is 10.6.